The highest BCUT2D eigenvalue weighted by molar-refractivity contribution is 7.89. The van der Waals surface area contributed by atoms with Crippen LogP contribution in [0.25, 0.3) is 0 Å². The molecule has 7 heteroatoms. The zero-order valence-corrected chi connectivity index (χ0v) is 12.0. The Bertz CT molecular complexity index is 433. The van der Waals surface area contributed by atoms with Crippen LogP contribution in [0.15, 0.2) is 0 Å². The molecule has 0 atom stereocenters. The van der Waals surface area contributed by atoms with Crippen LogP contribution in [0, 0.1) is 5.41 Å². The highest BCUT2D eigenvalue weighted by Crippen LogP contribution is 2.33. The molecular formula is C12H21NO5S. The van der Waals surface area contributed by atoms with E-state index in [-0.39, 0.29) is 5.25 Å². The lowest BCUT2D eigenvalue weighted by atomic mass is 9.81. The molecule has 0 amide bonds. The first kappa shape index (κ1) is 14.7. The van der Waals surface area contributed by atoms with E-state index in [4.69, 9.17) is 9.84 Å². The second kappa shape index (κ2) is 5.38. The van der Waals surface area contributed by atoms with E-state index in [1.807, 2.05) is 0 Å². The van der Waals surface area contributed by atoms with Crippen molar-refractivity contribution >= 4 is 16.0 Å². The third-order valence-corrected chi connectivity index (χ3v) is 6.69. The summed E-state index contributed by atoms with van der Waals surface area (Å²) in [6, 6.07) is 0. The number of ether oxygens (including phenoxy) is 1. The van der Waals surface area contributed by atoms with E-state index in [0.717, 1.165) is 0 Å². The summed E-state index contributed by atoms with van der Waals surface area (Å²) < 4.78 is 31.5. The van der Waals surface area contributed by atoms with Gasteiger partial charge in [-0.2, -0.15) is 0 Å². The second-order valence-corrected chi connectivity index (χ2v) is 7.83. The van der Waals surface area contributed by atoms with Gasteiger partial charge >= 0.3 is 5.97 Å². The molecule has 2 saturated heterocycles. The van der Waals surface area contributed by atoms with E-state index >= 15 is 0 Å². The number of carbonyl (C=O) groups is 1. The minimum atomic E-state index is -3.30. The van der Waals surface area contributed by atoms with Crippen LogP contribution in [0.4, 0.5) is 0 Å². The highest BCUT2D eigenvalue weighted by atomic mass is 32.2. The van der Waals surface area contributed by atoms with Gasteiger partial charge in [0.05, 0.1) is 10.7 Å². The van der Waals surface area contributed by atoms with Gasteiger partial charge in [0.25, 0.3) is 0 Å². The van der Waals surface area contributed by atoms with Crippen LogP contribution in [0.3, 0.4) is 0 Å². The molecule has 6 nitrogen and oxygen atoms in total. The Labute approximate surface area is 113 Å². The molecule has 0 aliphatic carbocycles. The average molecular weight is 291 g/mol. The van der Waals surface area contributed by atoms with Gasteiger partial charge in [-0.1, -0.05) is 0 Å². The number of carboxylic acids is 1. The molecule has 0 saturated carbocycles. The standard InChI is InChI=1S/C12H21NO5S/c1-12(11(14)15)4-6-13(7-5-12)19(16,17)10-2-8-18-9-3-10/h10H,2-9H2,1H3,(H,14,15). The zero-order valence-electron chi connectivity index (χ0n) is 11.2. The fourth-order valence-electron chi connectivity index (χ4n) is 2.63. The first-order valence-corrected chi connectivity index (χ1v) is 8.17. The molecule has 0 radical (unpaired) electrons. The molecule has 0 aromatic carbocycles. The average Bonchev–Trinajstić information content (AvgIpc) is 2.40. The normalized spacial score (nSPS) is 26.2. The molecule has 2 rings (SSSR count). The summed E-state index contributed by atoms with van der Waals surface area (Å²) in [5, 5.41) is 8.79. The van der Waals surface area contributed by atoms with Crippen LogP contribution >= 0.6 is 0 Å². The van der Waals surface area contributed by atoms with E-state index in [1.54, 1.807) is 6.92 Å². The summed E-state index contributed by atoms with van der Waals surface area (Å²) in [6.07, 6.45) is 1.83. The first-order valence-electron chi connectivity index (χ1n) is 6.66. The fourth-order valence-corrected chi connectivity index (χ4v) is 4.53. The molecule has 2 heterocycles. The molecule has 2 aliphatic heterocycles. The minimum Gasteiger partial charge on any atom is -0.481 e. The Morgan fingerprint density at radius 1 is 1.26 bits per heavy atom. The Morgan fingerprint density at radius 3 is 2.26 bits per heavy atom. The van der Waals surface area contributed by atoms with Crippen LogP contribution in [0.5, 0.6) is 0 Å². The Balaban J connectivity index is 2.02. The van der Waals surface area contributed by atoms with Gasteiger partial charge in [-0.25, -0.2) is 12.7 Å². The number of hydrogen-bond donors (Lipinski definition) is 1. The van der Waals surface area contributed by atoms with E-state index in [9.17, 15) is 13.2 Å². The summed E-state index contributed by atoms with van der Waals surface area (Å²) in [5.74, 6) is -0.837. The second-order valence-electron chi connectivity index (χ2n) is 5.62. The van der Waals surface area contributed by atoms with Crippen LogP contribution in [0.1, 0.15) is 32.6 Å². The topological polar surface area (TPSA) is 83.9 Å². The third-order valence-electron chi connectivity index (χ3n) is 4.29. The fraction of sp³-hybridized carbons (Fsp3) is 0.917. The van der Waals surface area contributed by atoms with E-state index in [2.05, 4.69) is 0 Å². The van der Waals surface area contributed by atoms with E-state index in [1.165, 1.54) is 4.31 Å². The van der Waals surface area contributed by atoms with E-state index in [0.29, 0.717) is 52.0 Å². The monoisotopic (exact) mass is 291 g/mol. The molecular weight excluding hydrogens is 270 g/mol. The maximum Gasteiger partial charge on any atom is 0.309 e. The number of aliphatic carboxylic acids is 1. The minimum absolute atomic E-state index is 0.308. The lowest BCUT2D eigenvalue weighted by Crippen LogP contribution is -2.48. The number of nitrogens with zero attached hydrogens (tertiary/aromatic N) is 1. The lowest BCUT2D eigenvalue weighted by Gasteiger charge is -2.37. The van der Waals surface area contributed by atoms with Crippen molar-refractivity contribution < 1.29 is 23.1 Å². The molecule has 0 aromatic rings. The summed E-state index contributed by atoms with van der Waals surface area (Å²) in [4.78, 5) is 11.1. The quantitative estimate of drug-likeness (QED) is 0.826. The van der Waals surface area contributed by atoms with E-state index < -0.39 is 21.4 Å². The van der Waals surface area contributed by atoms with Gasteiger partial charge in [-0.05, 0) is 32.6 Å². The molecule has 0 unspecified atom stereocenters. The first-order chi connectivity index (χ1) is 8.86. The predicted molar refractivity (Wildman–Crippen MR) is 69.3 cm³/mol. The van der Waals surface area contributed by atoms with Crippen LogP contribution in [-0.4, -0.2) is 55.4 Å². The predicted octanol–water partition coefficient (Wildman–Crippen LogP) is 0.682. The molecule has 0 aromatic heterocycles. The van der Waals surface area contributed by atoms with Crippen LogP contribution in [-0.2, 0) is 19.6 Å². The zero-order chi connectivity index (χ0) is 14.1. The van der Waals surface area contributed by atoms with Crippen molar-refractivity contribution in [3.05, 3.63) is 0 Å². The Hall–Kier alpha value is -0.660. The Kier molecular flexibility index (Phi) is 4.17. The molecule has 110 valence electrons. The largest absolute Gasteiger partial charge is 0.481 e. The van der Waals surface area contributed by atoms with Crippen molar-refractivity contribution in [2.24, 2.45) is 5.41 Å². The SMILES string of the molecule is CC1(C(=O)O)CCN(S(=O)(=O)C2CCOCC2)CC1. The van der Waals surface area contributed by atoms with Crippen molar-refractivity contribution in [1.82, 2.24) is 4.31 Å². The van der Waals surface area contributed by atoms with Crippen molar-refractivity contribution in [1.29, 1.82) is 0 Å². The maximum absolute atomic E-state index is 12.4. The van der Waals surface area contributed by atoms with Gasteiger partial charge in [0, 0.05) is 26.3 Å². The van der Waals surface area contributed by atoms with Crippen molar-refractivity contribution in [3.8, 4) is 0 Å². The van der Waals surface area contributed by atoms with Crippen molar-refractivity contribution in [3.63, 3.8) is 0 Å². The molecule has 19 heavy (non-hydrogen) atoms. The van der Waals surface area contributed by atoms with Gasteiger partial charge < -0.3 is 9.84 Å². The van der Waals surface area contributed by atoms with Crippen LogP contribution < -0.4 is 0 Å². The van der Waals surface area contributed by atoms with Gasteiger partial charge in [0.1, 0.15) is 0 Å². The summed E-state index contributed by atoms with van der Waals surface area (Å²) in [7, 11) is -3.30. The van der Waals surface area contributed by atoms with Gasteiger partial charge in [-0.15, -0.1) is 0 Å². The number of sulfonamides is 1. The number of piperidine rings is 1. The summed E-state index contributed by atoms with van der Waals surface area (Å²) in [5.41, 5.74) is -0.790. The maximum atomic E-state index is 12.4. The Morgan fingerprint density at radius 2 is 1.79 bits per heavy atom. The number of rotatable bonds is 3. The third kappa shape index (κ3) is 2.93. The lowest BCUT2D eigenvalue weighted by molar-refractivity contribution is -0.150. The highest BCUT2D eigenvalue weighted by Gasteiger charge is 2.42. The van der Waals surface area contributed by atoms with Gasteiger partial charge in [0.2, 0.25) is 10.0 Å². The smallest absolute Gasteiger partial charge is 0.309 e. The number of carboxylic acid groups (broad SMARTS) is 1. The molecule has 1 N–H and O–H groups in total. The molecule has 0 spiro atoms. The van der Waals surface area contributed by atoms with Crippen molar-refractivity contribution in [2.75, 3.05) is 26.3 Å². The molecule has 2 fully saturated rings. The molecule has 0 bridgehead atoms. The molecule has 2 aliphatic rings. The van der Waals surface area contributed by atoms with Crippen LogP contribution in [0.2, 0.25) is 0 Å². The van der Waals surface area contributed by atoms with Crippen molar-refractivity contribution in [2.45, 2.75) is 37.9 Å². The summed E-state index contributed by atoms with van der Waals surface area (Å²) >= 11 is 0. The number of hydrogen-bond acceptors (Lipinski definition) is 4. The van der Waals surface area contributed by atoms with Gasteiger partial charge in [0.15, 0.2) is 0 Å². The van der Waals surface area contributed by atoms with Gasteiger partial charge in [-0.3, -0.25) is 4.79 Å². The summed E-state index contributed by atoms with van der Waals surface area (Å²) in [6.45, 7) is 3.29.